The standard InChI is InChI=1S/C12H14BrFO2/c13-9-5-7(1-4-10(9)14)6-11(15)12(16)8-2-3-8/h1,4-5,8,11-12,15-16H,2-3,6H2. The lowest BCUT2D eigenvalue weighted by molar-refractivity contribution is 0.00672. The minimum Gasteiger partial charge on any atom is -0.390 e. The van der Waals surface area contributed by atoms with E-state index < -0.39 is 12.2 Å². The molecule has 1 aromatic rings. The van der Waals surface area contributed by atoms with Crippen molar-refractivity contribution in [2.24, 2.45) is 5.92 Å². The van der Waals surface area contributed by atoms with Crippen molar-refractivity contribution in [1.82, 2.24) is 0 Å². The van der Waals surface area contributed by atoms with Gasteiger partial charge in [0.25, 0.3) is 0 Å². The molecule has 2 N–H and O–H groups in total. The first-order chi connectivity index (χ1) is 7.58. The van der Waals surface area contributed by atoms with Gasteiger partial charge in [0.05, 0.1) is 16.7 Å². The predicted molar refractivity (Wildman–Crippen MR) is 62.5 cm³/mol. The zero-order chi connectivity index (χ0) is 11.7. The van der Waals surface area contributed by atoms with Crippen LogP contribution in [0.25, 0.3) is 0 Å². The van der Waals surface area contributed by atoms with Crippen molar-refractivity contribution in [1.29, 1.82) is 0 Å². The Morgan fingerprint density at radius 1 is 1.38 bits per heavy atom. The third-order valence-electron chi connectivity index (χ3n) is 2.93. The highest BCUT2D eigenvalue weighted by Gasteiger charge is 2.34. The Bertz CT molecular complexity index is 379. The van der Waals surface area contributed by atoms with Gasteiger partial charge in [-0.3, -0.25) is 0 Å². The first-order valence-electron chi connectivity index (χ1n) is 5.38. The normalized spacial score (nSPS) is 19.5. The molecule has 4 heteroatoms. The first kappa shape index (κ1) is 12.0. The summed E-state index contributed by atoms with van der Waals surface area (Å²) >= 11 is 3.10. The van der Waals surface area contributed by atoms with E-state index in [1.807, 2.05) is 0 Å². The molecule has 0 aliphatic heterocycles. The van der Waals surface area contributed by atoms with Gasteiger partial charge in [0.1, 0.15) is 5.82 Å². The summed E-state index contributed by atoms with van der Waals surface area (Å²) in [5.74, 6) is -0.0696. The van der Waals surface area contributed by atoms with E-state index in [1.54, 1.807) is 12.1 Å². The van der Waals surface area contributed by atoms with Crippen molar-refractivity contribution in [2.75, 3.05) is 0 Å². The fourth-order valence-electron chi connectivity index (χ4n) is 1.78. The molecule has 1 aliphatic rings. The lowest BCUT2D eigenvalue weighted by Crippen LogP contribution is -2.29. The molecule has 0 saturated heterocycles. The number of hydrogen-bond donors (Lipinski definition) is 2. The Morgan fingerprint density at radius 3 is 2.62 bits per heavy atom. The quantitative estimate of drug-likeness (QED) is 0.892. The second kappa shape index (κ2) is 4.82. The van der Waals surface area contributed by atoms with Gasteiger partial charge in [-0.2, -0.15) is 0 Å². The first-order valence-corrected chi connectivity index (χ1v) is 6.17. The van der Waals surface area contributed by atoms with Crippen LogP contribution >= 0.6 is 15.9 Å². The molecule has 2 rings (SSSR count). The van der Waals surface area contributed by atoms with Crippen molar-refractivity contribution in [3.8, 4) is 0 Å². The summed E-state index contributed by atoms with van der Waals surface area (Å²) in [5, 5.41) is 19.5. The van der Waals surface area contributed by atoms with Crippen molar-refractivity contribution >= 4 is 15.9 Å². The molecule has 2 nitrogen and oxygen atoms in total. The van der Waals surface area contributed by atoms with Gasteiger partial charge >= 0.3 is 0 Å². The van der Waals surface area contributed by atoms with Crippen LogP contribution in [-0.4, -0.2) is 22.4 Å². The molecule has 1 saturated carbocycles. The number of benzene rings is 1. The molecule has 0 aromatic heterocycles. The zero-order valence-electron chi connectivity index (χ0n) is 8.74. The molecule has 0 radical (unpaired) electrons. The van der Waals surface area contributed by atoms with E-state index in [2.05, 4.69) is 15.9 Å². The second-order valence-corrected chi connectivity index (χ2v) is 5.20. The Morgan fingerprint density at radius 2 is 2.06 bits per heavy atom. The van der Waals surface area contributed by atoms with E-state index >= 15 is 0 Å². The monoisotopic (exact) mass is 288 g/mol. The summed E-state index contributed by atoms with van der Waals surface area (Å²) in [5.41, 5.74) is 0.820. The molecule has 0 amide bonds. The summed E-state index contributed by atoms with van der Waals surface area (Å²) in [6, 6.07) is 4.62. The van der Waals surface area contributed by atoms with Gasteiger partial charge in [0.2, 0.25) is 0 Å². The topological polar surface area (TPSA) is 40.5 Å². The van der Waals surface area contributed by atoms with E-state index in [-0.39, 0.29) is 11.7 Å². The van der Waals surface area contributed by atoms with Crippen LogP contribution in [0.4, 0.5) is 4.39 Å². The molecule has 0 heterocycles. The highest BCUT2D eigenvalue weighted by molar-refractivity contribution is 9.10. The average Bonchev–Trinajstić information content (AvgIpc) is 3.06. The lowest BCUT2D eigenvalue weighted by Gasteiger charge is -2.17. The fraction of sp³-hybridized carbons (Fsp3) is 0.500. The molecule has 1 aliphatic carbocycles. The maximum Gasteiger partial charge on any atom is 0.137 e. The molecule has 1 fully saturated rings. The van der Waals surface area contributed by atoms with Crippen LogP contribution in [-0.2, 0) is 6.42 Å². The maximum absolute atomic E-state index is 13.0. The summed E-state index contributed by atoms with van der Waals surface area (Å²) in [6.45, 7) is 0. The molecule has 16 heavy (non-hydrogen) atoms. The van der Waals surface area contributed by atoms with Crippen LogP contribution < -0.4 is 0 Å². The molecule has 2 atom stereocenters. The summed E-state index contributed by atoms with van der Waals surface area (Å²) in [7, 11) is 0. The van der Waals surface area contributed by atoms with Crippen molar-refractivity contribution < 1.29 is 14.6 Å². The Kier molecular flexibility index (Phi) is 3.62. The van der Waals surface area contributed by atoms with Gasteiger partial charge in [0, 0.05) is 6.42 Å². The van der Waals surface area contributed by atoms with Crippen LogP contribution in [0, 0.1) is 11.7 Å². The van der Waals surface area contributed by atoms with Gasteiger partial charge in [-0.25, -0.2) is 4.39 Å². The van der Waals surface area contributed by atoms with Crippen LogP contribution in [0.3, 0.4) is 0 Å². The Hall–Kier alpha value is -0.450. The average molecular weight is 289 g/mol. The number of halogens is 2. The van der Waals surface area contributed by atoms with Crippen molar-refractivity contribution in [2.45, 2.75) is 31.5 Å². The van der Waals surface area contributed by atoms with Crippen LogP contribution in [0.15, 0.2) is 22.7 Å². The van der Waals surface area contributed by atoms with Gasteiger partial charge in [-0.15, -0.1) is 0 Å². The van der Waals surface area contributed by atoms with Crippen LogP contribution in [0.5, 0.6) is 0 Å². The van der Waals surface area contributed by atoms with Gasteiger partial charge in [0.15, 0.2) is 0 Å². The molecule has 0 bridgehead atoms. The van der Waals surface area contributed by atoms with Crippen LogP contribution in [0.2, 0.25) is 0 Å². The van der Waals surface area contributed by atoms with E-state index in [0.29, 0.717) is 10.9 Å². The lowest BCUT2D eigenvalue weighted by atomic mass is 10.0. The molecule has 2 unspecified atom stereocenters. The van der Waals surface area contributed by atoms with Crippen LogP contribution in [0.1, 0.15) is 18.4 Å². The minimum atomic E-state index is -0.759. The van der Waals surface area contributed by atoms with Crippen molar-refractivity contribution in [3.63, 3.8) is 0 Å². The van der Waals surface area contributed by atoms with E-state index in [9.17, 15) is 14.6 Å². The Balaban J connectivity index is 1.99. The van der Waals surface area contributed by atoms with Crippen molar-refractivity contribution in [3.05, 3.63) is 34.1 Å². The van der Waals surface area contributed by atoms with Gasteiger partial charge in [-0.1, -0.05) is 6.07 Å². The predicted octanol–water partition coefficient (Wildman–Crippen LogP) is 2.26. The van der Waals surface area contributed by atoms with Gasteiger partial charge < -0.3 is 10.2 Å². The highest BCUT2D eigenvalue weighted by Crippen LogP contribution is 2.34. The zero-order valence-corrected chi connectivity index (χ0v) is 10.3. The SMILES string of the molecule is OC(Cc1ccc(F)c(Br)c1)C(O)C1CC1. The number of rotatable bonds is 4. The highest BCUT2D eigenvalue weighted by atomic mass is 79.9. The Labute approximate surface area is 102 Å². The van der Waals surface area contributed by atoms with Gasteiger partial charge in [-0.05, 0) is 52.4 Å². The third kappa shape index (κ3) is 2.81. The van der Waals surface area contributed by atoms with E-state index in [0.717, 1.165) is 18.4 Å². The maximum atomic E-state index is 13.0. The number of aliphatic hydroxyl groups excluding tert-OH is 2. The molecular weight excluding hydrogens is 275 g/mol. The summed E-state index contributed by atoms with van der Waals surface area (Å²) in [6.07, 6.45) is 0.932. The van der Waals surface area contributed by atoms with E-state index in [4.69, 9.17) is 0 Å². The number of hydrogen-bond acceptors (Lipinski definition) is 2. The fourth-order valence-corrected chi connectivity index (χ4v) is 2.21. The minimum absolute atomic E-state index is 0.249. The summed E-state index contributed by atoms with van der Waals surface area (Å²) in [4.78, 5) is 0. The summed E-state index contributed by atoms with van der Waals surface area (Å²) < 4.78 is 13.4. The molecule has 0 spiro atoms. The smallest absolute Gasteiger partial charge is 0.137 e. The largest absolute Gasteiger partial charge is 0.390 e. The molecular formula is C12H14BrFO2. The van der Waals surface area contributed by atoms with E-state index in [1.165, 1.54) is 6.07 Å². The number of aliphatic hydroxyl groups is 2. The molecule has 88 valence electrons. The third-order valence-corrected chi connectivity index (χ3v) is 3.54. The molecule has 1 aromatic carbocycles. The second-order valence-electron chi connectivity index (χ2n) is 4.35.